The van der Waals surface area contributed by atoms with E-state index in [1.165, 1.54) is 0 Å². The van der Waals surface area contributed by atoms with Crippen molar-refractivity contribution in [1.29, 1.82) is 0 Å². The van der Waals surface area contributed by atoms with Crippen LogP contribution in [0.3, 0.4) is 0 Å². The lowest BCUT2D eigenvalue weighted by Crippen LogP contribution is -1.88. The SMILES string of the molecule is Cn1cc(-c2ccc(N)nc2)cn1. The van der Waals surface area contributed by atoms with Crippen LogP contribution >= 0.6 is 0 Å². The molecule has 4 nitrogen and oxygen atoms in total. The van der Waals surface area contributed by atoms with E-state index in [1.54, 1.807) is 23.1 Å². The lowest BCUT2D eigenvalue weighted by Gasteiger charge is -1.95. The van der Waals surface area contributed by atoms with Crippen LogP contribution in [0.5, 0.6) is 0 Å². The molecule has 0 aliphatic heterocycles. The Morgan fingerprint density at radius 2 is 2.08 bits per heavy atom. The normalized spacial score (nSPS) is 10.2. The molecule has 2 heterocycles. The van der Waals surface area contributed by atoms with E-state index in [2.05, 4.69) is 10.1 Å². The molecule has 0 saturated carbocycles. The minimum Gasteiger partial charge on any atom is -0.384 e. The minimum absolute atomic E-state index is 0.535. The molecule has 0 amide bonds. The Labute approximate surface area is 76.0 Å². The number of pyridine rings is 1. The third kappa shape index (κ3) is 1.51. The lowest BCUT2D eigenvalue weighted by atomic mass is 10.2. The average Bonchev–Trinajstić information content (AvgIpc) is 2.53. The summed E-state index contributed by atoms with van der Waals surface area (Å²) in [6, 6.07) is 3.71. The quantitative estimate of drug-likeness (QED) is 0.703. The maximum atomic E-state index is 5.48. The summed E-state index contributed by atoms with van der Waals surface area (Å²) in [4.78, 5) is 4.01. The standard InChI is InChI=1S/C9H10N4/c1-13-6-8(5-12-13)7-2-3-9(10)11-4-7/h2-6H,1H3,(H2,10,11). The summed E-state index contributed by atoms with van der Waals surface area (Å²) in [6.45, 7) is 0. The molecule has 0 atom stereocenters. The molecule has 66 valence electrons. The molecule has 0 aliphatic rings. The number of nitrogens with zero attached hydrogens (tertiary/aromatic N) is 3. The summed E-state index contributed by atoms with van der Waals surface area (Å²) < 4.78 is 1.76. The van der Waals surface area contributed by atoms with Crippen molar-refractivity contribution in [1.82, 2.24) is 14.8 Å². The first-order chi connectivity index (χ1) is 6.25. The first kappa shape index (κ1) is 7.79. The molecule has 2 aromatic heterocycles. The van der Waals surface area contributed by atoms with Crippen molar-refractivity contribution < 1.29 is 0 Å². The molecule has 2 rings (SSSR count). The van der Waals surface area contributed by atoms with E-state index in [-0.39, 0.29) is 0 Å². The third-order valence-corrected chi connectivity index (χ3v) is 1.82. The lowest BCUT2D eigenvalue weighted by molar-refractivity contribution is 0.768. The topological polar surface area (TPSA) is 56.7 Å². The van der Waals surface area contributed by atoms with Gasteiger partial charge < -0.3 is 5.73 Å². The van der Waals surface area contributed by atoms with Gasteiger partial charge in [-0.05, 0) is 12.1 Å². The fraction of sp³-hybridized carbons (Fsp3) is 0.111. The van der Waals surface area contributed by atoms with E-state index in [4.69, 9.17) is 5.73 Å². The number of hydrogen-bond acceptors (Lipinski definition) is 3. The number of rotatable bonds is 1. The average molecular weight is 174 g/mol. The van der Waals surface area contributed by atoms with E-state index < -0.39 is 0 Å². The van der Waals surface area contributed by atoms with E-state index in [1.807, 2.05) is 19.3 Å². The van der Waals surface area contributed by atoms with Crippen molar-refractivity contribution in [3.63, 3.8) is 0 Å². The molecule has 0 saturated heterocycles. The molecule has 0 spiro atoms. The van der Waals surface area contributed by atoms with Crippen LogP contribution in [0, 0.1) is 0 Å². The smallest absolute Gasteiger partial charge is 0.123 e. The van der Waals surface area contributed by atoms with Gasteiger partial charge in [-0.2, -0.15) is 5.10 Å². The highest BCUT2D eigenvalue weighted by molar-refractivity contribution is 5.61. The summed E-state index contributed by atoms with van der Waals surface area (Å²) in [5.41, 5.74) is 7.56. The predicted molar refractivity (Wildman–Crippen MR) is 50.9 cm³/mol. The van der Waals surface area contributed by atoms with Gasteiger partial charge in [0.2, 0.25) is 0 Å². The van der Waals surface area contributed by atoms with Gasteiger partial charge in [0.25, 0.3) is 0 Å². The summed E-state index contributed by atoms with van der Waals surface area (Å²) in [6.07, 6.45) is 5.48. The fourth-order valence-electron chi connectivity index (χ4n) is 1.15. The maximum Gasteiger partial charge on any atom is 0.123 e. The molecule has 0 aliphatic carbocycles. The van der Waals surface area contributed by atoms with Gasteiger partial charge in [-0.15, -0.1) is 0 Å². The minimum atomic E-state index is 0.535. The number of hydrogen-bond donors (Lipinski definition) is 1. The third-order valence-electron chi connectivity index (χ3n) is 1.82. The summed E-state index contributed by atoms with van der Waals surface area (Å²) >= 11 is 0. The molecular formula is C9H10N4. The molecule has 0 fully saturated rings. The van der Waals surface area contributed by atoms with Crippen LogP contribution in [0.2, 0.25) is 0 Å². The van der Waals surface area contributed by atoms with Gasteiger partial charge >= 0.3 is 0 Å². The zero-order chi connectivity index (χ0) is 9.26. The van der Waals surface area contributed by atoms with E-state index in [9.17, 15) is 0 Å². The Hall–Kier alpha value is -1.84. The molecule has 4 heteroatoms. The van der Waals surface area contributed by atoms with Crippen LogP contribution in [0.4, 0.5) is 5.82 Å². The van der Waals surface area contributed by atoms with E-state index in [0.717, 1.165) is 11.1 Å². The zero-order valence-electron chi connectivity index (χ0n) is 7.31. The van der Waals surface area contributed by atoms with Crippen molar-refractivity contribution in [2.75, 3.05) is 5.73 Å². The van der Waals surface area contributed by atoms with Gasteiger partial charge in [0.15, 0.2) is 0 Å². The van der Waals surface area contributed by atoms with Crippen LogP contribution in [0.1, 0.15) is 0 Å². The second-order valence-corrected chi connectivity index (χ2v) is 2.87. The molecule has 13 heavy (non-hydrogen) atoms. The van der Waals surface area contributed by atoms with Crippen LogP contribution < -0.4 is 5.73 Å². The van der Waals surface area contributed by atoms with E-state index in [0.29, 0.717) is 5.82 Å². The van der Waals surface area contributed by atoms with Crippen LogP contribution in [0.15, 0.2) is 30.7 Å². The Morgan fingerprint density at radius 3 is 2.62 bits per heavy atom. The molecular weight excluding hydrogens is 164 g/mol. The Bertz CT molecular complexity index is 402. The van der Waals surface area contributed by atoms with Crippen LogP contribution in [-0.4, -0.2) is 14.8 Å². The number of anilines is 1. The molecule has 0 bridgehead atoms. The Kier molecular flexibility index (Phi) is 1.73. The van der Waals surface area contributed by atoms with Crippen LogP contribution in [-0.2, 0) is 7.05 Å². The fourth-order valence-corrected chi connectivity index (χ4v) is 1.15. The number of aryl methyl sites for hydroxylation is 1. The van der Waals surface area contributed by atoms with Crippen LogP contribution in [0.25, 0.3) is 11.1 Å². The Morgan fingerprint density at radius 1 is 1.23 bits per heavy atom. The van der Waals surface area contributed by atoms with Gasteiger partial charge in [0.05, 0.1) is 6.20 Å². The van der Waals surface area contributed by atoms with Gasteiger partial charge in [-0.3, -0.25) is 4.68 Å². The second-order valence-electron chi connectivity index (χ2n) is 2.87. The van der Waals surface area contributed by atoms with E-state index >= 15 is 0 Å². The van der Waals surface area contributed by atoms with Crippen molar-refractivity contribution in [3.8, 4) is 11.1 Å². The molecule has 2 aromatic rings. The highest BCUT2D eigenvalue weighted by Crippen LogP contribution is 2.17. The molecule has 0 unspecified atom stereocenters. The first-order valence-corrected chi connectivity index (χ1v) is 3.96. The zero-order valence-corrected chi connectivity index (χ0v) is 7.31. The summed E-state index contributed by atoms with van der Waals surface area (Å²) in [5.74, 6) is 0.535. The van der Waals surface area contributed by atoms with Crippen molar-refractivity contribution in [2.24, 2.45) is 7.05 Å². The van der Waals surface area contributed by atoms with Gasteiger partial charge in [0, 0.05) is 30.6 Å². The maximum absolute atomic E-state index is 5.48. The predicted octanol–water partition coefficient (Wildman–Crippen LogP) is 1.06. The molecule has 2 N–H and O–H groups in total. The second kappa shape index (κ2) is 2.90. The number of nitrogens with two attached hydrogens (primary N) is 1. The van der Waals surface area contributed by atoms with Gasteiger partial charge in [-0.1, -0.05) is 0 Å². The molecule has 0 radical (unpaired) electrons. The van der Waals surface area contributed by atoms with Crippen molar-refractivity contribution >= 4 is 5.82 Å². The number of aromatic nitrogens is 3. The largest absolute Gasteiger partial charge is 0.384 e. The number of nitrogen functional groups attached to an aromatic ring is 1. The van der Waals surface area contributed by atoms with Crippen molar-refractivity contribution in [3.05, 3.63) is 30.7 Å². The summed E-state index contributed by atoms with van der Waals surface area (Å²) in [7, 11) is 1.88. The monoisotopic (exact) mass is 174 g/mol. The van der Waals surface area contributed by atoms with Crippen molar-refractivity contribution in [2.45, 2.75) is 0 Å². The van der Waals surface area contributed by atoms with Gasteiger partial charge in [0.1, 0.15) is 5.82 Å². The molecule has 0 aromatic carbocycles. The highest BCUT2D eigenvalue weighted by atomic mass is 15.2. The Balaban J connectivity index is 2.41. The summed E-state index contributed by atoms with van der Waals surface area (Å²) in [5, 5.41) is 4.07. The van der Waals surface area contributed by atoms with Gasteiger partial charge in [-0.25, -0.2) is 4.98 Å². The highest BCUT2D eigenvalue weighted by Gasteiger charge is 1.99. The first-order valence-electron chi connectivity index (χ1n) is 3.96.